The molecule has 2 heterocycles. The molecule has 128 valence electrons. The number of aromatic hydroxyl groups is 1. The fraction of sp³-hybridized carbons (Fsp3) is 0.250. The Balaban J connectivity index is 1.62. The predicted molar refractivity (Wildman–Crippen MR) is 93.7 cm³/mol. The molecule has 1 amide bonds. The number of rotatable bonds is 2. The molecule has 0 saturated carbocycles. The highest BCUT2D eigenvalue weighted by atomic mass is 16.5. The number of ether oxygens (including phenoxy) is 1. The average Bonchev–Trinajstić information content (AvgIpc) is 2.97. The molecular weight excluding hydrogens is 318 g/mol. The van der Waals surface area contributed by atoms with Crippen molar-refractivity contribution in [2.75, 3.05) is 19.7 Å². The Morgan fingerprint density at radius 3 is 2.88 bits per heavy atom. The monoisotopic (exact) mass is 337 g/mol. The second-order valence-corrected chi connectivity index (χ2v) is 6.23. The minimum Gasteiger partial charge on any atom is -0.508 e. The van der Waals surface area contributed by atoms with Crippen LogP contribution in [0.3, 0.4) is 0 Å². The van der Waals surface area contributed by atoms with Crippen LogP contribution in [0.4, 0.5) is 0 Å². The van der Waals surface area contributed by atoms with Gasteiger partial charge in [0.05, 0.1) is 18.7 Å². The highest BCUT2D eigenvalue weighted by Crippen LogP contribution is 2.29. The molecule has 1 fully saturated rings. The molecule has 5 nitrogen and oxygen atoms in total. The van der Waals surface area contributed by atoms with Crippen LogP contribution in [0.1, 0.15) is 27.8 Å². The maximum absolute atomic E-state index is 13.1. The van der Waals surface area contributed by atoms with Crippen molar-refractivity contribution in [1.29, 1.82) is 0 Å². The topological polar surface area (TPSA) is 62.9 Å². The van der Waals surface area contributed by atoms with Crippen molar-refractivity contribution >= 4 is 16.9 Å². The van der Waals surface area contributed by atoms with Gasteiger partial charge in [0.25, 0.3) is 5.91 Å². The number of morpholine rings is 1. The van der Waals surface area contributed by atoms with E-state index in [1.54, 1.807) is 23.1 Å². The van der Waals surface area contributed by atoms with Crippen LogP contribution in [0, 0.1) is 6.92 Å². The van der Waals surface area contributed by atoms with Gasteiger partial charge in [0, 0.05) is 11.9 Å². The number of hydrogen-bond donors (Lipinski definition) is 1. The van der Waals surface area contributed by atoms with Crippen LogP contribution >= 0.6 is 0 Å². The number of phenols is 1. The highest BCUT2D eigenvalue weighted by molar-refractivity contribution is 6.07. The van der Waals surface area contributed by atoms with Gasteiger partial charge in [0.1, 0.15) is 23.2 Å². The second kappa shape index (κ2) is 6.26. The molecule has 2 aromatic carbocycles. The summed E-state index contributed by atoms with van der Waals surface area (Å²) in [7, 11) is 0. The highest BCUT2D eigenvalue weighted by Gasteiger charge is 2.29. The summed E-state index contributed by atoms with van der Waals surface area (Å²) in [5.41, 5.74) is 2.21. The van der Waals surface area contributed by atoms with Crippen molar-refractivity contribution in [2.24, 2.45) is 0 Å². The van der Waals surface area contributed by atoms with Crippen LogP contribution in [0.5, 0.6) is 5.75 Å². The van der Waals surface area contributed by atoms with Crippen LogP contribution in [0.25, 0.3) is 11.0 Å². The van der Waals surface area contributed by atoms with Crippen LogP contribution in [0.15, 0.2) is 52.9 Å². The first-order valence-corrected chi connectivity index (χ1v) is 8.31. The fourth-order valence-corrected chi connectivity index (χ4v) is 3.35. The van der Waals surface area contributed by atoms with Crippen LogP contribution < -0.4 is 0 Å². The number of carbonyl (C=O) groups is 1. The van der Waals surface area contributed by atoms with E-state index in [0.717, 1.165) is 16.5 Å². The number of para-hydroxylation sites is 1. The summed E-state index contributed by atoms with van der Waals surface area (Å²) in [5.74, 6) is 0.781. The largest absolute Gasteiger partial charge is 0.508 e. The number of furan rings is 1. The molecule has 3 aromatic rings. The first-order chi connectivity index (χ1) is 12.1. The number of nitrogens with zero attached hydrogens (tertiary/aromatic N) is 1. The van der Waals surface area contributed by atoms with Gasteiger partial charge in [0.15, 0.2) is 0 Å². The summed E-state index contributed by atoms with van der Waals surface area (Å²) in [5, 5.41) is 10.5. The number of fused-ring (bicyclic) bond motifs is 1. The van der Waals surface area contributed by atoms with Gasteiger partial charge < -0.3 is 19.2 Å². The zero-order chi connectivity index (χ0) is 17.4. The molecule has 4 rings (SSSR count). The lowest BCUT2D eigenvalue weighted by Gasteiger charge is -2.33. The van der Waals surface area contributed by atoms with Gasteiger partial charge in [0.2, 0.25) is 0 Å². The molecule has 0 radical (unpaired) electrons. The van der Waals surface area contributed by atoms with E-state index in [4.69, 9.17) is 9.15 Å². The van der Waals surface area contributed by atoms with Crippen molar-refractivity contribution in [3.8, 4) is 5.75 Å². The number of phenolic OH excluding ortho intramolecular Hbond substituents is 1. The van der Waals surface area contributed by atoms with Crippen LogP contribution in [-0.4, -0.2) is 35.6 Å². The second-order valence-electron chi connectivity index (χ2n) is 6.23. The molecule has 0 unspecified atom stereocenters. The summed E-state index contributed by atoms with van der Waals surface area (Å²) in [6, 6.07) is 14.6. The van der Waals surface area contributed by atoms with E-state index in [1.807, 2.05) is 37.3 Å². The summed E-state index contributed by atoms with van der Waals surface area (Å²) in [6.07, 6.45) is -0.247. The van der Waals surface area contributed by atoms with Gasteiger partial charge in [-0.1, -0.05) is 30.3 Å². The molecule has 1 atom stereocenters. The third-order valence-electron chi connectivity index (χ3n) is 4.58. The summed E-state index contributed by atoms with van der Waals surface area (Å²) in [6.45, 7) is 3.26. The van der Waals surface area contributed by atoms with Crippen LogP contribution in [0.2, 0.25) is 0 Å². The van der Waals surface area contributed by atoms with E-state index in [9.17, 15) is 9.90 Å². The SMILES string of the molecule is Cc1oc2ccccc2c1C(=O)N1CCO[C@@H](c2cccc(O)c2)C1. The Morgan fingerprint density at radius 1 is 1.20 bits per heavy atom. The van der Waals surface area contributed by atoms with E-state index in [0.29, 0.717) is 31.0 Å². The lowest BCUT2D eigenvalue weighted by atomic mass is 10.1. The third kappa shape index (κ3) is 2.87. The van der Waals surface area contributed by atoms with Gasteiger partial charge in [-0.05, 0) is 30.7 Å². The summed E-state index contributed by atoms with van der Waals surface area (Å²) < 4.78 is 11.5. The first-order valence-electron chi connectivity index (χ1n) is 8.31. The number of aryl methyl sites for hydroxylation is 1. The van der Waals surface area contributed by atoms with E-state index in [1.165, 1.54) is 0 Å². The Hall–Kier alpha value is -2.79. The smallest absolute Gasteiger partial charge is 0.258 e. The normalized spacial score (nSPS) is 17.8. The van der Waals surface area contributed by atoms with Crippen molar-refractivity contribution in [3.05, 3.63) is 65.4 Å². The van der Waals surface area contributed by atoms with E-state index < -0.39 is 0 Å². The maximum atomic E-state index is 13.1. The Morgan fingerprint density at radius 2 is 2.04 bits per heavy atom. The average molecular weight is 337 g/mol. The number of benzene rings is 2. The Labute approximate surface area is 145 Å². The molecule has 25 heavy (non-hydrogen) atoms. The standard InChI is InChI=1S/C20H19NO4/c1-13-19(16-7-2-3-8-17(16)25-13)20(23)21-9-10-24-18(12-21)14-5-4-6-15(22)11-14/h2-8,11,18,22H,9-10,12H2,1H3/t18-/m1/s1. The van der Waals surface area contributed by atoms with Gasteiger partial charge in [-0.2, -0.15) is 0 Å². The number of hydrogen-bond acceptors (Lipinski definition) is 4. The Kier molecular flexibility index (Phi) is 3.93. The van der Waals surface area contributed by atoms with Gasteiger partial charge >= 0.3 is 0 Å². The molecule has 1 saturated heterocycles. The molecule has 1 aliphatic heterocycles. The molecule has 1 aliphatic rings. The van der Waals surface area contributed by atoms with Crippen LogP contribution in [-0.2, 0) is 4.74 Å². The Bertz CT molecular complexity index is 930. The van der Waals surface area contributed by atoms with Gasteiger partial charge in [-0.3, -0.25) is 4.79 Å². The summed E-state index contributed by atoms with van der Waals surface area (Å²) >= 11 is 0. The summed E-state index contributed by atoms with van der Waals surface area (Å²) in [4.78, 5) is 14.9. The molecule has 1 N–H and O–H groups in total. The minimum atomic E-state index is -0.247. The van der Waals surface area contributed by atoms with Gasteiger partial charge in [-0.25, -0.2) is 0 Å². The zero-order valence-electron chi connectivity index (χ0n) is 13.9. The molecule has 0 bridgehead atoms. The van der Waals surface area contributed by atoms with E-state index in [2.05, 4.69) is 0 Å². The molecule has 5 heteroatoms. The van der Waals surface area contributed by atoms with Crippen molar-refractivity contribution in [1.82, 2.24) is 4.90 Å². The van der Waals surface area contributed by atoms with E-state index >= 15 is 0 Å². The molecule has 1 aromatic heterocycles. The number of carbonyl (C=O) groups excluding carboxylic acids is 1. The maximum Gasteiger partial charge on any atom is 0.258 e. The van der Waals surface area contributed by atoms with Crippen molar-refractivity contribution in [2.45, 2.75) is 13.0 Å². The molecular formula is C20H19NO4. The minimum absolute atomic E-state index is 0.0455. The predicted octanol–water partition coefficient (Wildman–Crippen LogP) is 3.66. The third-order valence-corrected chi connectivity index (χ3v) is 4.58. The fourth-order valence-electron chi connectivity index (χ4n) is 3.35. The van der Waals surface area contributed by atoms with Gasteiger partial charge in [-0.15, -0.1) is 0 Å². The molecule has 0 spiro atoms. The van der Waals surface area contributed by atoms with E-state index in [-0.39, 0.29) is 17.8 Å². The van der Waals surface area contributed by atoms with Crippen molar-refractivity contribution < 1.29 is 19.1 Å². The lowest BCUT2D eigenvalue weighted by Crippen LogP contribution is -2.42. The number of amides is 1. The quantitative estimate of drug-likeness (QED) is 0.775. The van der Waals surface area contributed by atoms with Crippen molar-refractivity contribution in [3.63, 3.8) is 0 Å². The molecule has 0 aliphatic carbocycles. The first kappa shape index (κ1) is 15.7. The zero-order valence-corrected chi connectivity index (χ0v) is 13.9. The lowest BCUT2D eigenvalue weighted by molar-refractivity contribution is -0.0228.